The molecule has 0 spiro atoms. The largest absolute Gasteiger partial charge is 0.481 e. The first kappa shape index (κ1) is 13.1. The van der Waals surface area contributed by atoms with Gasteiger partial charge in [0, 0.05) is 6.54 Å². The van der Waals surface area contributed by atoms with Gasteiger partial charge in [0.05, 0.1) is 5.92 Å². The predicted octanol–water partition coefficient (Wildman–Crippen LogP) is 2.30. The van der Waals surface area contributed by atoms with E-state index in [0.717, 1.165) is 18.4 Å². The molecule has 0 saturated heterocycles. The Morgan fingerprint density at radius 1 is 1.28 bits per heavy atom. The van der Waals surface area contributed by atoms with E-state index in [9.17, 15) is 9.90 Å². The first-order valence-corrected chi connectivity index (χ1v) is 6.57. The fourth-order valence-electron chi connectivity index (χ4n) is 2.66. The van der Waals surface area contributed by atoms with Crippen LogP contribution in [-0.4, -0.2) is 36.6 Å². The van der Waals surface area contributed by atoms with Gasteiger partial charge in [0.2, 0.25) is 0 Å². The normalized spacial score (nSPS) is 16.4. The van der Waals surface area contributed by atoms with Gasteiger partial charge in [0.1, 0.15) is 0 Å². The number of carboxylic acid groups (broad SMARTS) is 1. The van der Waals surface area contributed by atoms with Crippen LogP contribution in [0.4, 0.5) is 0 Å². The predicted molar refractivity (Wildman–Crippen MR) is 72.0 cm³/mol. The van der Waals surface area contributed by atoms with Crippen molar-refractivity contribution in [2.45, 2.75) is 31.6 Å². The Morgan fingerprint density at radius 2 is 1.94 bits per heavy atom. The molecule has 1 aromatic rings. The van der Waals surface area contributed by atoms with Crippen molar-refractivity contribution in [1.82, 2.24) is 4.90 Å². The van der Waals surface area contributed by atoms with Gasteiger partial charge < -0.3 is 10.0 Å². The van der Waals surface area contributed by atoms with E-state index in [2.05, 4.69) is 12.1 Å². The van der Waals surface area contributed by atoms with Crippen molar-refractivity contribution in [3.8, 4) is 0 Å². The maximum absolute atomic E-state index is 11.4. The molecule has 0 aliphatic heterocycles. The van der Waals surface area contributed by atoms with Gasteiger partial charge in [-0.1, -0.05) is 18.2 Å². The first-order chi connectivity index (χ1) is 8.58. The van der Waals surface area contributed by atoms with Crippen molar-refractivity contribution >= 4 is 5.97 Å². The number of carboxylic acids is 1. The zero-order valence-electron chi connectivity index (χ0n) is 11.1. The van der Waals surface area contributed by atoms with Crippen molar-refractivity contribution in [3.05, 3.63) is 34.9 Å². The smallest absolute Gasteiger partial charge is 0.312 e. The summed E-state index contributed by atoms with van der Waals surface area (Å²) in [5.41, 5.74) is 3.69. The number of carbonyl (C=O) groups is 1. The maximum atomic E-state index is 11.4. The SMILES string of the molecule is CN(C)CC(C(=O)O)c1ccc2c(c1)CCCC2. The molecule has 1 aromatic carbocycles. The van der Waals surface area contributed by atoms with E-state index in [1.807, 2.05) is 25.1 Å². The highest BCUT2D eigenvalue weighted by Crippen LogP contribution is 2.26. The average Bonchev–Trinajstić information content (AvgIpc) is 2.35. The van der Waals surface area contributed by atoms with Crippen molar-refractivity contribution in [2.24, 2.45) is 0 Å². The number of nitrogens with zero attached hydrogens (tertiary/aromatic N) is 1. The van der Waals surface area contributed by atoms with Crippen LogP contribution >= 0.6 is 0 Å². The van der Waals surface area contributed by atoms with Crippen LogP contribution in [-0.2, 0) is 17.6 Å². The molecule has 0 heterocycles. The highest BCUT2D eigenvalue weighted by Gasteiger charge is 2.22. The Bertz CT molecular complexity index is 440. The molecular formula is C15H21NO2. The van der Waals surface area contributed by atoms with Crippen LogP contribution in [0.2, 0.25) is 0 Å². The lowest BCUT2D eigenvalue weighted by atomic mass is 9.87. The number of likely N-dealkylation sites (N-methyl/N-ethyl adjacent to an activating group) is 1. The van der Waals surface area contributed by atoms with Gasteiger partial charge in [-0.3, -0.25) is 4.79 Å². The summed E-state index contributed by atoms with van der Waals surface area (Å²) in [7, 11) is 3.82. The van der Waals surface area contributed by atoms with Crippen LogP contribution in [0.5, 0.6) is 0 Å². The van der Waals surface area contributed by atoms with Gasteiger partial charge in [0.25, 0.3) is 0 Å². The molecular weight excluding hydrogens is 226 g/mol. The van der Waals surface area contributed by atoms with Crippen LogP contribution < -0.4 is 0 Å². The fraction of sp³-hybridized carbons (Fsp3) is 0.533. The molecule has 0 aromatic heterocycles. The second-order valence-corrected chi connectivity index (χ2v) is 5.39. The number of hydrogen-bond donors (Lipinski definition) is 1. The molecule has 1 aliphatic rings. The summed E-state index contributed by atoms with van der Waals surface area (Å²) in [4.78, 5) is 13.3. The molecule has 1 unspecified atom stereocenters. The lowest BCUT2D eigenvalue weighted by molar-refractivity contribution is -0.139. The van der Waals surface area contributed by atoms with E-state index in [4.69, 9.17) is 0 Å². The van der Waals surface area contributed by atoms with Gasteiger partial charge in [-0.25, -0.2) is 0 Å². The quantitative estimate of drug-likeness (QED) is 0.887. The number of fused-ring (bicyclic) bond motifs is 1. The van der Waals surface area contributed by atoms with E-state index < -0.39 is 11.9 Å². The highest BCUT2D eigenvalue weighted by atomic mass is 16.4. The van der Waals surface area contributed by atoms with E-state index in [0.29, 0.717) is 6.54 Å². The second kappa shape index (κ2) is 5.53. The molecule has 3 nitrogen and oxygen atoms in total. The van der Waals surface area contributed by atoms with Gasteiger partial charge in [-0.05, 0) is 56.5 Å². The topological polar surface area (TPSA) is 40.5 Å². The van der Waals surface area contributed by atoms with E-state index >= 15 is 0 Å². The summed E-state index contributed by atoms with van der Waals surface area (Å²) in [6.07, 6.45) is 4.72. The van der Waals surface area contributed by atoms with Gasteiger partial charge in [-0.2, -0.15) is 0 Å². The van der Waals surface area contributed by atoms with E-state index in [1.165, 1.54) is 24.0 Å². The third-order valence-corrected chi connectivity index (χ3v) is 3.62. The molecule has 0 fully saturated rings. The third-order valence-electron chi connectivity index (χ3n) is 3.62. The molecule has 1 aliphatic carbocycles. The Hall–Kier alpha value is -1.35. The Balaban J connectivity index is 2.27. The molecule has 1 atom stereocenters. The fourth-order valence-corrected chi connectivity index (χ4v) is 2.66. The molecule has 98 valence electrons. The first-order valence-electron chi connectivity index (χ1n) is 6.57. The molecule has 2 rings (SSSR count). The molecule has 0 radical (unpaired) electrons. The van der Waals surface area contributed by atoms with Gasteiger partial charge in [-0.15, -0.1) is 0 Å². The van der Waals surface area contributed by atoms with Crippen molar-refractivity contribution in [2.75, 3.05) is 20.6 Å². The second-order valence-electron chi connectivity index (χ2n) is 5.39. The summed E-state index contributed by atoms with van der Waals surface area (Å²) in [6.45, 7) is 0.550. The van der Waals surface area contributed by atoms with Crippen LogP contribution in [0.1, 0.15) is 35.4 Å². The molecule has 0 saturated carbocycles. The monoisotopic (exact) mass is 247 g/mol. The zero-order chi connectivity index (χ0) is 13.1. The minimum atomic E-state index is -0.737. The zero-order valence-corrected chi connectivity index (χ0v) is 11.1. The standard InChI is InChI=1S/C15H21NO2/c1-16(2)10-14(15(17)18)13-8-7-11-5-3-4-6-12(11)9-13/h7-9,14H,3-6,10H2,1-2H3,(H,17,18). The van der Waals surface area contributed by atoms with E-state index in [-0.39, 0.29) is 0 Å². The number of rotatable bonds is 4. The van der Waals surface area contributed by atoms with Gasteiger partial charge in [0.15, 0.2) is 0 Å². The summed E-state index contributed by atoms with van der Waals surface area (Å²) in [5.74, 6) is -1.16. The number of aryl methyl sites for hydroxylation is 2. The van der Waals surface area contributed by atoms with Gasteiger partial charge >= 0.3 is 5.97 Å². The summed E-state index contributed by atoms with van der Waals surface area (Å²) in [5, 5.41) is 9.35. The minimum Gasteiger partial charge on any atom is -0.481 e. The summed E-state index contributed by atoms with van der Waals surface area (Å²) < 4.78 is 0. The molecule has 3 heteroatoms. The highest BCUT2D eigenvalue weighted by molar-refractivity contribution is 5.76. The third kappa shape index (κ3) is 2.91. The Kier molecular flexibility index (Phi) is 4.02. The van der Waals surface area contributed by atoms with Crippen LogP contribution in [0.15, 0.2) is 18.2 Å². The number of benzene rings is 1. The van der Waals surface area contributed by atoms with Crippen LogP contribution in [0.3, 0.4) is 0 Å². The lowest BCUT2D eigenvalue weighted by Gasteiger charge is -2.21. The average molecular weight is 247 g/mol. The molecule has 18 heavy (non-hydrogen) atoms. The Labute approximate surface area is 108 Å². The van der Waals surface area contributed by atoms with E-state index in [1.54, 1.807) is 0 Å². The summed E-state index contributed by atoms with van der Waals surface area (Å²) >= 11 is 0. The van der Waals surface area contributed by atoms with Crippen molar-refractivity contribution in [3.63, 3.8) is 0 Å². The molecule has 0 bridgehead atoms. The molecule has 0 amide bonds. The van der Waals surface area contributed by atoms with Crippen molar-refractivity contribution < 1.29 is 9.90 Å². The minimum absolute atomic E-state index is 0.424. The number of hydrogen-bond acceptors (Lipinski definition) is 2. The molecule has 1 N–H and O–H groups in total. The van der Waals surface area contributed by atoms with Crippen LogP contribution in [0.25, 0.3) is 0 Å². The number of aliphatic carboxylic acids is 1. The van der Waals surface area contributed by atoms with Crippen molar-refractivity contribution in [1.29, 1.82) is 0 Å². The maximum Gasteiger partial charge on any atom is 0.312 e. The summed E-state index contributed by atoms with van der Waals surface area (Å²) in [6, 6.07) is 6.22. The van der Waals surface area contributed by atoms with Crippen LogP contribution in [0, 0.1) is 0 Å². The lowest BCUT2D eigenvalue weighted by Crippen LogP contribution is -2.26. The Morgan fingerprint density at radius 3 is 2.56 bits per heavy atom.